The van der Waals surface area contributed by atoms with Gasteiger partial charge in [-0.15, -0.1) is 11.3 Å². The molecule has 0 amide bonds. The molecule has 0 saturated carbocycles. The van der Waals surface area contributed by atoms with Crippen LogP contribution in [-0.2, 0) is 0 Å². The zero-order valence-corrected chi connectivity index (χ0v) is 32.0. The van der Waals surface area contributed by atoms with Crippen molar-refractivity contribution in [2.75, 3.05) is 0 Å². The van der Waals surface area contributed by atoms with Crippen LogP contribution >= 0.6 is 11.3 Å². The molecule has 5 heteroatoms. The van der Waals surface area contributed by atoms with Gasteiger partial charge in [0.2, 0.25) is 0 Å². The molecule has 0 spiro atoms. The van der Waals surface area contributed by atoms with Crippen LogP contribution < -0.4 is 0 Å². The van der Waals surface area contributed by atoms with Crippen molar-refractivity contribution in [2.24, 2.45) is 0 Å². The Morgan fingerprint density at radius 1 is 0.362 bits per heavy atom. The highest BCUT2D eigenvalue weighted by atomic mass is 32.1. The molecule has 0 atom stereocenters. The van der Waals surface area contributed by atoms with Gasteiger partial charge in [-0.05, 0) is 63.0 Å². The predicted octanol–water partition coefficient (Wildman–Crippen LogP) is 14.3. The van der Waals surface area contributed by atoms with Crippen molar-refractivity contribution >= 4 is 74.9 Å². The normalized spacial score (nSPS) is 11.8. The fraction of sp³-hybridized carbons (Fsp3) is 0. The lowest BCUT2D eigenvalue weighted by atomic mass is 10.00. The molecule has 3 heterocycles. The quantitative estimate of drug-likeness (QED) is 0.176. The first kappa shape index (κ1) is 32.7. The van der Waals surface area contributed by atoms with E-state index in [9.17, 15) is 0 Å². The third-order valence-electron chi connectivity index (χ3n) is 11.4. The predicted molar refractivity (Wildman–Crippen MR) is 244 cm³/mol. The molecule has 270 valence electrons. The van der Waals surface area contributed by atoms with Crippen molar-refractivity contribution in [1.29, 1.82) is 0 Å². The Bertz CT molecular complexity index is 3460. The number of hydrogen-bond donors (Lipinski definition) is 0. The second-order valence-corrected chi connectivity index (χ2v) is 15.8. The smallest absolute Gasteiger partial charge is 0.165 e. The number of benzene rings is 9. The van der Waals surface area contributed by atoms with E-state index in [0.717, 1.165) is 43.7 Å². The first-order valence-corrected chi connectivity index (χ1v) is 20.3. The monoisotopic (exact) mass is 756 g/mol. The van der Waals surface area contributed by atoms with E-state index in [4.69, 9.17) is 15.0 Å². The molecule has 0 N–H and O–H groups in total. The lowest BCUT2D eigenvalue weighted by molar-refractivity contribution is 1.07. The van der Waals surface area contributed by atoms with Crippen molar-refractivity contribution in [1.82, 2.24) is 19.5 Å². The highest BCUT2D eigenvalue weighted by molar-refractivity contribution is 7.26. The van der Waals surface area contributed by atoms with Crippen LogP contribution in [0.4, 0.5) is 0 Å². The highest BCUT2D eigenvalue weighted by Gasteiger charge is 2.22. The molecule has 12 rings (SSSR count). The summed E-state index contributed by atoms with van der Waals surface area (Å²) in [6.45, 7) is 0. The Labute approximate surface area is 338 Å². The number of nitrogens with zero attached hydrogens (tertiary/aromatic N) is 4. The van der Waals surface area contributed by atoms with Gasteiger partial charge < -0.3 is 4.57 Å². The minimum Gasteiger partial charge on any atom is -0.309 e. The van der Waals surface area contributed by atoms with Gasteiger partial charge in [0.25, 0.3) is 0 Å². The van der Waals surface area contributed by atoms with E-state index in [-0.39, 0.29) is 0 Å². The van der Waals surface area contributed by atoms with Crippen molar-refractivity contribution in [3.63, 3.8) is 0 Å². The molecular formula is C53H32N4S. The number of hydrogen-bond acceptors (Lipinski definition) is 4. The average molecular weight is 757 g/mol. The molecule has 4 nitrogen and oxygen atoms in total. The average Bonchev–Trinajstić information content (AvgIpc) is 3.85. The van der Waals surface area contributed by atoms with Gasteiger partial charge in [-0.2, -0.15) is 0 Å². The van der Waals surface area contributed by atoms with Crippen LogP contribution in [0.3, 0.4) is 0 Å². The SMILES string of the molecule is c1ccc(-c2ccc(-c3nc(-c4ccccc4)nc(-c4cc(-n5c6ccc7ccccc7c6c6c7ccccc7ccc65)cc5c4sc4ccccc45)n3)cc2)cc1. The van der Waals surface area contributed by atoms with Crippen molar-refractivity contribution in [2.45, 2.75) is 0 Å². The maximum atomic E-state index is 5.33. The summed E-state index contributed by atoms with van der Waals surface area (Å²) in [5.41, 5.74) is 8.56. The Kier molecular flexibility index (Phi) is 7.37. The molecular weight excluding hydrogens is 725 g/mol. The van der Waals surface area contributed by atoms with Gasteiger partial charge in [-0.3, -0.25) is 0 Å². The van der Waals surface area contributed by atoms with Crippen molar-refractivity contribution < 1.29 is 0 Å². The first-order valence-electron chi connectivity index (χ1n) is 19.5. The van der Waals surface area contributed by atoms with Gasteiger partial charge >= 0.3 is 0 Å². The zero-order valence-electron chi connectivity index (χ0n) is 31.2. The molecule has 0 bridgehead atoms. The molecule has 0 radical (unpaired) electrons. The minimum absolute atomic E-state index is 0.637. The van der Waals surface area contributed by atoms with Crippen LogP contribution in [0.5, 0.6) is 0 Å². The van der Waals surface area contributed by atoms with Crippen LogP contribution in [0.15, 0.2) is 194 Å². The van der Waals surface area contributed by atoms with E-state index in [1.165, 1.54) is 53.4 Å². The largest absolute Gasteiger partial charge is 0.309 e. The maximum absolute atomic E-state index is 5.33. The van der Waals surface area contributed by atoms with Crippen LogP contribution in [0, 0.1) is 0 Å². The van der Waals surface area contributed by atoms with Gasteiger partial charge in [-0.1, -0.05) is 164 Å². The minimum atomic E-state index is 0.637. The Balaban J connectivity index is 1.16. The summed E-state index contributed by atoms with van der Waals surface area (Å²) in [7, 11) is 0. The van der Waals surface area contributed by atoms with E-state index < -0.39 is 0 Å². The Morgan fingerprint density at radius 2 is 0.845 bits per heavy atom. The molecule has 0 fully saturated rings. The topological polar surface area (TPSA) is 43.6 Å². The number of fused-ring (bicyclic) bond motifs is 10. The van der Waals surface area contributed by atoms with E-state index in [2.05, 4.69) is 174 Å². The number of aromatic nitrogens is 4. The van der Waals surface area contributed by atoms with E-state index >= 15 is 0 Å². The summed E-state index contributed by atoms with van der Waals surface area (Å²) in [6.07, 6.45) is 0. The third-order valence-corrected chi connectivity index (χ3v) is 12.6. The summed E-state index contributed by atoms with van der Waals surface area (Å²) in [5, 5.41) is 9.86. The summed E-state index contributed by atoms with van der Waals surface area (Å²) in [5.74, 6) is 1.92. The van der Waals surface area contributed by atoms with Crippen LogP contribution in [0.25, 0.3) is 115 Å². The number of thiophene rings is 1. The van der Waals surface area contributed by atoms with Crippen LogP contribution in [0.2, 0.25) is 0 Å². The van der Waals surface area contributed by atoms with E-state index in [1.54, 1.807) is 11.3 Å². The fourth-order valence-corrected chi connectivity index (χ4v) is 9.91. The lowest BCUT2D eigenvalue weighted by Gasteiger charge is -2.13. The molecule has 0 aliphatic carbocycles. The van der Waals surface area contributed by atoms with E-state index in [1.807, 2.05) is 24.3 Å². The molecule has 0 aliphatic rings. The molecule has 0 unspecified atom stereocenters. The highest BCUT2D eigenvalue weighted by Crippen LogP contribution is 2.45. The van der Waals surface area contributed by atoms with Gasteiger partial charge in [0, 0.05) is 53.3 Å². The zero-order chi connectivity index (χ0) is 38.2. The van der Waals surface area contributed by atoms with E-state index in [0.29, 0.717) is 17.5 Å². The summed E-state index contributed by atoms with van der Waals surface area (Å²) in [6, 6.07) is 69.1. The summed E-state index contributed by atoms with van der Waals surface area (Å²) < 4.78 is 4.82. The molecule has 12 aromatic rings. The first-order chi connectivity index (χ1) is 28.7. The second-order valence-electron chi connectivity index (χ2n) is 14.8. The van der Waals surface area contributed by atoms with Gasteiger partial charge in [0.15, 0.2) is 17.5 Å². The van der Waals surface area contributed by atoms with Gasteiger partial charge in [0.1, 0.15) is 0 Å². The summed E-state index contributed by atoms with van der Waals surface area (Å²) in [4.78, 5) is 15.7. The summed E-state index contributed by atoms with van der Waals surface area (Å²) >= 11 is 1.79. The number of rotatable bonds is 5. The van der Waals surface area contributed by atoms with Crippen molar-refractivity contribution in [3.8, 4) is 51.0 Å². The van der Waals surface area contributed by atoms with Crippen LogP contribution in [-0.4, -0.2) is 19.5 Å². The Hall–Kier alpha value is -7.47. The molecule has 0 saturated heterocycles. The standard InChI is InChI=1S/C53H32N4S/c1-3-13-33(14-4-1)34-23-25-38(26-24-34)52-54-51(37-17-5-2-6-18-37)55-53(56-52)44-32-39(31-43-42-21-11-12-22-47(42)58-50(43)44)57-45-29-27-35-15-7-9-19-40(35)48(45)49-41-20-10-8-16-36(41)28-30-46(49)57/h1-32H. The molecule has 58 heavy (non-hydrogen) atoms. The van der Waals surface area contributed by atoms with Crippen LogP contribution in [0.1, 0.15) is 0 Å². The van der Waals surface area contributed by atoms with Crippen molar-refractivity contribution in [3.05, 3.63) is 194 Å². The van der Waals surface area contributed by atoms with Gasteiger partial charge in [0.05, 0.1) is 11.0 Å². The lowest BCUT2D eigenvalue weighted by Crippen LogP contribution is -2.01. The second kappa shape index (κ2) is 13.1. The molecule has 3 aromatic heterocycles. The molecule has 9 aromatic carbocycles. The van der Waals surface area contributed by atoms with Gasteiger partial charge in [-0.25, -0.2) is 15.0 Å². The Morgan fingerprint density at radius 3 is 1.48 bits per heavy atom. The fourth-order valence-electron chi connectivity index (χ4n) is 8.72. The molecule has 0 aliphatic heterocycles. The maximum Gasteiger partial charge on any atom is 0.165 e. The third kappa shape index (κ3) is 5.18.